The first-order valence-corrected chi connectivity index (χ1v) is 6.66. The summed E-state index contributed by atoms with van der Waals surface area (Å²) in [5.41, 5.74) is 6.09. The van der Waals surface area contributed by atoms with Crippen molar-refractivity contribution in [3.63, 3.8) is 0 Å². The lowest BCUT2D eigenvalue weighted by Crippen LogP contribution is -2.50. The van der Waals surface area contributed by atoms with E-state index in [9.17, 15) is 14.7 Å². The Morgan fingerprint density at radius 3 is 2.43 bits per heavy atom. The highest BCUT2D eigenvalue weighted by Crippen LogP contribution is 2.12. The summed E-state index contributed by atoms with van der Waals surface area (Å²) < 4.78 is 0.326. The van der Waals surface area contributed by atoms with Gasteiger partial charge in [-0.3, -0.25) is 4.79 Å². The van der Waals surface area contributed by atoms with Crippen LogP contribution in [0, 0.1) is 0 Å². The third-order valence-electron chi connectivity index (χ3n) is 3.31. The monoisotopic (exact) mass is 299 g/mol. The molecule has 8 nitrogen and oxygen atoms in total. The van der Waals surface area contributed by atoms with Gasteiger partial charge in [-0.15, -0.1) is 0 Å². The number of nitrogens with zero attached hydrogens (tertiary/aromatic N) is 2. The van der Waals surface area contributed by atoms with E-state index in [1.54, 1.807) is 6.20 Å². The number of rotatable bonds is 8. The molecule has 0 fully saturated rings. The molecule has 118 valence electrons. The molecule has 0 unspecified atom stereocenters. The maximum Gasteiger partial charge on any atom is 0.362 e. The molecule has 0 radical (unpaired) electrons. The molecule has 0 aromatic carbocycles. The average Bonchev–Trinajstić information content (AvgIpc) is 2.74. The molecule has 1 heterocycles. The van der Waals surface area contributed by atoms with Gasteiger partial charge in [-0.2, -0.15) is 0 Å². The number of aliphatic carboxylic acids is 2. The number of carbonyl (C=O) groups is 2. The second-order valence-electron chi connectivity index (χ2n) is 6.01. The van der Waals surface area contributed by atoms with Crippen LogP contribution in [0.5, 0.6) is 0 Å². The van der Waals surface area contributed by atoms with Crippen LogP contribution < -0.4 is 5.73 Å². The number of nitrogens with one attached hydrogen (secondary N) is 1. The van der Waals surface area contributed by atoms with Crippen LogP contribution in [0.2, 0.25) is 0 Å². The zero-order valence-electron chi connectivity index (χ0n) is 12.5. The number of imidazole rings is 1. The van der Waals surface area contributed by atoms with Crippen molar-refractivity contribution >= 4 is 11.9 Å². The topological polar surface area (TPSA) is 129 Å². The fourth-order valence-corrected chi connectivity index (χ4v) is 2.08. The maximum absolute atomic E-state index is 11.3. The van der Waals surface area contributed by atoms with Gasteiger partial charge in [-0.1, -0.05) is 0 Å². The predicted molar refractivity (Wildman–Crippen MR) is 75.7 cm³/mol. The van der Waals surface area contributed by atoms with Crippen LogP contribution in [0.4, 0.5) is 0 Å². The SMILES string of the molecule is C[N+](C)(C)[C@@H](CCc1ncc(C[C@H](N)C(=O)O)[nH]1)C(=O)O. The molecule has 0 aliphatic heterocycles. The Kier molecular flexibility index (Phi) is 5.45. The highest BCUT2D eigenvalue weighted by atomic mass is 16.4. The summed E-state index contributed by atoms with van der Waals surface area (Å²) in [7, 11) is 5.49. The van der Waals surface area contributed by atoms with Crippen LogP contribution in [0.3, 0.4) is 0 Å². The highest BCUT2D eigenvalue weighted by molar-refractivity contribution is 5.73. The molecule has 5 N–H and O–H groups in total. The molecule has 1 aromatic heterocycles. The minimum Gasteiger partial charge on any atom is -0.480 e. The first-order valence-electron chi connectivity index (χ1n) is 6.66. The number of carboxylic acids is 2. The van der Waals surface area contributed by atoms with Crippen molar-refractivity contribution < 1.29 is 24.3 Å². The molecule has 0 aliphatic rings. The first kappa shape index (κ1) is 17.1. The largest absolute Gasteiger partial charge is 0.480 e. The molecule has 0 saturated carbocycles. The summed E-state index contributed by atoms with van der Waals surface area (Å²) in [4.78, 5) is 29.1. The summed E-state index contributed by atoms with van der Waals surface area (Å²) in [5, 5.41) is 18.0. The van der Waals surface area contributed by atoms with Gasteiger partial charge in [0.15, 0.2) is 6.04 Å². The Bertz CT molecular complexity index is 507. The lowest BCUT2D eigenvalue weighted by atomic mass is 10.1. The van der Waals surface area contributed by atoms with E-state index in [0.29, 0.717) is 28.8 Å². The van der Waals surface area contributed by atoms with Crippen molar-refractivity contribution in [2.75, 3.05) is 21.1 Å². The molecular weight excluding hydrogens is 276 g/mol. The Balaban J connectivity index is 2.62. The smallest absolute Gasteiger partial charge is 0.362 e. The number of likely N-dealkylation sites (N-methyl/N-ethyl adjacent to an activating group) is 1. The maximum atomic E-state index is 11.3. The number of hydrogen-bond donors (Lipinski definition) is 4. The van der Waals surface area contributed by atoms with E-state index in [-0.39, 0.29) is 6.42 Å². The fraction of sp³-hybridized carbons (Fsp3) is 0.615. The van der Waals surface area contributed by atoms with Crippen LogP contribution in [0.15, 0.2) is 6.20 Å². The number of aromatic nitrogens is 2. The van der Waals surface area contributed by atoms with Crippen LogP contribution >= 0.6 is 0 Å². The second-order valence-corrected chi connectivity index (χ2v) is 6.01. The number of nitrogens with two attached hydrogens (primary N) is 1. The number of H-pyrrole nitrogens is 1. The average molecular weight is 299 g/mol. The standard InChI is InChI=1S/C13H22N4O4/c1-17(2,3)10(13(20)21)4-5-11-15-7-8(16-11)6-9(14)12(18)19/h7,9-10H,4-6,14H2,1-3H3,(H2-,15,16,18,19,20,21)/p+1/t9-,10-/m0/s1. The van der Waals surface area contributed by atoms with Crippen LogP contribution in [-0.2, 0) is 22.4 Å². The predicted octanol–water partition coefficient (Wildman–Crippen LogP) is -0.544. The third-order valence-corrected chi connectivity index (χ3v) is 3.31. The minimum atomic E-state index is -1.07. The van der Waals surface area contributed by atoms with Crippen molar-refractivity contribution in [1.82, 2.24) is 9.97 Å². The second kappa shape index (κ2) is 6.68. The number of hydrogen-bond acceptors (Lipinski definition) is 4. The molecule has 0 spiro atoms. The molecule has 0 bridgehead atoms. The van der Waals surface area contributed by atoms with Crippen LogP contribution in [0.25, 0.3) is 0 Å². The quantitative estimate of drug-likeness (QED) is 0.477. The Morgan fingerprint density at radius 1 is 1.33 bits per heavy atom. The molecule has 0 amide bonds. The van der Waals surface area contributed by atoms with E-state index in [1.807, 2.05) is 21.1 Å². The zero-order valence-corrected chi connectivity index (χ0v) is 12.5. The number of quaternary nitrogens is 1. The first-order chi connectivity index (χ1) is 9.61. The lowest BCUT2D eigenvalue weighted by molar-refractivity contribution is -0.887. The Morgan fingerprint density at radius 2 is 1.95 bits per heavy atom. The normalized spacial score (nSPS) is 14.7. The van der Waals surface area contributed by atoms with Crippen molar-refractivity contribution in [2.24, 2.45) is 5.73 Å². The van der Waals surface area contributed by atoms with Gasteiger partial charge in [-0.05, 0) is 0 Å². The third kappa shape index (κ3) is 5.16. The fourth-order valence-electron chi connectivity index (χ4n) is 2.08. The molecule has 1 aromatic rings. The van der Waals surface area contributed by atoms with Crippen LogP contribution in [0.1, 0.15) is 17.9 Å². The summed E-state index contributed by atoms with van der Waals surface area (Å²) in [6, 6.07) is -1.50. The van der Waals surface area contributed by atoms with Crippen LogP contribution in [-0.4, -0.2) is 69.8 Å². The number of aryl methyl sites for hydroxylation is 1. The minimum absolute atomic E-state index is 0.167. The van der Waals surface area contributed by atoms with E-state index >= 15 is 0 Å². The van der Waals surface area contributed by atoms with E-state index in [2.05, 4.69) is 9.97 Å². The van der Waals surface area contributed by atoms with E-state index in [1.165, 1.54) is 0 Å². The van der Waals surface area contributed by atoms with Crippen molar-refractivity contribution in [2.45, 2.75) is 31.3 Å². The molecular formula is C13H23N4O4+. The lowest BCUT2D eigenvalue weighted by Gasteiger charge is -2.30. The molecule has 0 saturated heterocycles. The molecule has 0 aliphatic carbocycles. The molecule has 21 heavy (non-hydrogen) atoms. The molecule has 8 heteroatoms. The van der Waals surface area contributed by atoms with Gasteiger partial charge in [0.05, 0.1) is 21.1 Å². The summed E-state index contributed by atoms with van der Waals surface area (Å²) in [5.74, 6) is -1.27. The van der Waals surface area contributed by atoms with Crippen molar-refractivity contribution in [1.29, 1.82) is 0 Å². The van der Waals surface area contributed by atoms with E-state index in [4.69, 9.17) is 10.8 Å². The number of aromatic amines is 1. The van der Waals surface area contributed by atoms with Gasteiger partial charge in [0.2, 0.25) is 0 Å². The van der Waals surface area contributed by atoms with E-state index < -0.39 is 24.0 Å². The summed E-state index contributed by atoms with van der Waals surface area (Å²) in [6.07, 6.45) is 2.63. The summed E-state index contributed by atoms with van der Waals surface area (Å²) >= 11 is 0. The van der Waals surface area contributed by atoms with Crippen molar-refractivity contribution in [3.05, 3.63) is 17.7 Å². The molecule has 1 rings (SSSR count). The Hall–Kier alpha value is -1.93. The van der Waals surface area contributed by atoms with Gasteiger partial charge in [0.25, 0.3) is 0 Å². The van der Waals surface area contributed by atoms with Gasteiger partial charge in [-0.25, -0.2) is 9.78 Å². The van der Waals surface area contributed by atoms with Crippen molar-refractivity contribution in [3.8, 4) is 0 Å². The molecule has 2 atom stereocenters. The zero-order chi connectivity index (χ0) is 16.2. The highest BCUT2D eigenvalue weighted by Gasteiger charge is 2.31. The van der Waals surface area contributed by atoms with Gasteiger partial charge < -0.3 is 25.4 Å². The van der Waals surface area contributed by atoms with E-state index in [0.717, 1.165) is 0 Å². The number of carboxylic acid groups (broad SMARTS) is 2. The Labute approximate surface area is 123 Å². The summed E-state index contributed by atoms with van der Waals surface area (Å²) in [6.45, 7) is 0. The van der Waals surface area contributed by atoms with Gasteiger partial charge >= 0.3 is 11.9 Å². The van der Waals surface area contributed by atoms with Gasteiger partial charge in [0.1, 0.15) is 11.9 Å². The van der Waals surface area contributed by atoms with Gasteiger partial charge in [0, 0.05) is 31.2 Å².